The Morgan fingerprint density at radius 3 is 2.95 bits per heavy atom. The van der Waals surface area contributed by atoms with Gasteiger partial charge in [0.2, 0.25) is 0 Å². The minimum Gasteiger partial charge on any atom is -0.458 e. The first kappa shape index (κ1) is 13.7. The van der Waals surface area contributed by atoms with Gasteiger partial charge in [-0.3, -0.25) is 4.79 Å². The third-order valence-electron chi connectivity index (χ3n) is 3.34. The molecule has 1 aliphatic rings. The van der Waals surface area contributed by atoms with Crippen LogP contribution in [0, 0.1) is 5.82 Å². The Morgan fingerprint density at radius 2 is 2.24 bits per heavy atom. The quantitative estimate of drug-likeness (QED) is 0.857. The Kier molecular flexibility index (Phi) is 3.92. The number of hydrogen-bond donors (Lipinski definition) is 1. The summed E-state index contributed by atoms with van der Waals surface area (Å²) in [5, 5.41) is 10.9. The van der Waals surface area contributed by atoms with Crippen LogP contribution in [0.1, 0.15) is 18.5 Å². The molecule has 0 saturated carbocycles. The Labute approximate surface area is 120 Å². The van der Waals surface area contributed by atoms with Gasteiger partial charge in [0.05, 0.1) is 11.9 Å². The van der Waals surface area contributed by atoms with E-state index in [0.717, 1.165) is 19.4 Å². The number of esters is 1. The zero-order chi connectivity index (χ0) is 14.7. The molecule has 0 bridgehead atoms. The molecule has 1 atom stereocenters. The summed E-state index contributed by atoms with van der Waals surface area (Å²) < 4.78 is 19.6. The van der Waals surface area contributed by atoms with Crippen LogP contribution in [0.15, 0.2) is 30.5 Å². The van der Waals surface area contributed by atoms with Gasteiger partial charge in [-0.1, -0.05) is 5.21 Å². The van der Waals surface area contributed by atoms with E-state index in [1.807, 2.05) is 0 Å². The lowest BCUT2D eigenvalue weighted by molar-refractivity contribution is -0.147. The second-order valence-electron chi connectivity index (χ2n) is 4.89. The minimum atomic E-state index is -0.308. The largest absolute Gasteiger partial charge is 0.458 e. The first-order valence-corrected chi connectivity index (χ1v) is 6.79. The number of nitrogens with zero attached hydrogens (tertiary/aromatic N) is 3. The number of rotatable bonds is 4. The molecule has 1 saturated heterocycles. The molecule has 6 nitrogen and oxygen atoms in total. The van der Waals surface area contributed by atoms with Gasteiger partial charge in [-0.25, -0.2) is 9.07 Å². The van der Waals surface area contributed by atoms with E-state index in [-0.39, 0.29) is 24.4 Å². The molecule has 1 N–H and O–H groups in total. The van der Waals surface area contributed by atoms with E-state index in [0.29, 0.717) is 11.4 Å². The van der Waals surface area contributed by atoms with Crippen molar-refractivity contribution < 1.29 is 13.9 Å². The van der Waals surface area contributed by atoms with E-state index >= 15 is 0 Å². The third-order valence-corrected chi connectivity index (χ3v) is 3.34. The highest BCUT2D eigenvalue weighted by atomic mass is 19.1. The maximum absolute atomic E-state index is 12.9. The summed E-state index contributed by atoms with van der Waals surface area (Å²) in [6, 6.07) is 5.69. The number of aromatic nitrogens is 3. The first-order chi connectivity index (χ1) is 10.2. The van der Waals surface area contributed by atoms with E-state index < -0.39 is 0 Å². The van der Waals surface area contributed by atoms with Gasteiger partial charge in [-0.15, -0.1) is 5.10 Å². The van der Waals surface area contributed by atoms with E-state index in [1.165, 1.54) is 16.8 Å². The molecule has 1 aromatic carbocycles. The number of ether oxygens (including phenoxy) is 1. The third kappa shape index (κ3) is 3.25. The van der Waals surface area contributed by atoms with Crippen LogP contribution >= 0.6 is 0 Å². The Balaban J connectivity index is 1.60. The lowest BCUT2D eigenvalue weighted by atomic mass is 10.2. The highest BCUT2D eigenvalue weighted by molar-refractivity contribution is 5.76. The van der Waals surface area contributed by atoms with Crippen LogP contribution in [-0.4, -0.2) is 33.5 Å². The van der Waals surface area contributed by atoms with Gasteiger partial charge in [0.15, 0.2) is 0 Å². The van der Waals surface area contributed by atoms with E-state index in [1.54, 1.807) is 18.3 Å². The number of hydrogen-bond acceptors (Lipinski definition) is 5. The molecule has 3 rings (SSSR count). The van der Waals surface area contributed by atoms with Crippen molar-refractivity contribution in [2.45, 2.75) is 25.5 Å². The molecule has 7 heteroatoms. The normalized spacial score (nSPS) is 17.9. The predicted molar refractivity (Wildman–Crippen MR) is 72.1 cm³/mol. The van der Waals surface area contributed by atoms with Crippen LogP contribution in [0.3, 0.4) is 0 Å². The fourth-order valence-corrected chi connectivity index (χ4v) is 2.22. The molecular weight excluding hydrogens is 275 g/mol. The average Bonchev–Trinajstić information content (AvgIpc) is 3.17. The summed E-state index contributed by atoms with van der Waals surface area (Å²) >= 11 is 0. The summed E-state index contributed by atoms with van der Waals surface area (Å²) in [6.45, 7) is 0.929. The van der Waals surface area contributed by atoms with Gasteiger partial charge in [-0.05, 0) is 43.7 Å². The number of carbonyl (C=O) groups is 1. The van der Waals surface area contributed by atoms with Gasteiger partial charge in [-0.2, -0.15) is 0 Å². The SMILES string of the molecule is O=C(OCc1cn(-c2ccc(F)cc2)nn1)[C@@H]1CCCN1. The molecule has 0 radical (unpaired) electrons. The fraction of sp³-hybridized carbons (Fsp3) is 0.357. The van der Waals surface area contributed by atoms with Crippen molar-refractivity contribution in [3.8, 4) is 5.69 Å². The summed E-state index contributed by atoms with van der Waals surface area (Å²) in [4.78, 5) is 11.8. The highest BCUT2D eigenvalue weighted by Crippen LogP contribution is 2.10. The Hall–Kier alpha value is -2.28. The molecule has 2 aromatic rings. The molecule has 21 heavy (non-hydrogen) atoms. The van der Waals surface area contributed by atoms with E-state index in [4.69, 9.17) is 4.74 Å². The van der Waals surface area contributed by atoms with Crippen molar-refractivity contribution in [1.29, 1.82) is 0 Å². The van der Waals surface area contributed by atoms with Crippen LogP contribution < -0.4 is 5.32 Å². The fourth-order valence-electron chi connectivity index (χ4n) is 2.22. The maximum atomic E-state index is 12.9. The lowest BCUT2D eigenvalue weighted by Crippen LogP contribution is -2.32. The molecule has 2 heterocycles. The molecule has 110 valence electrons. The van der Waals surface area contributed by atoms with Crippen LogP contribution in [0.2, 0.25) is 0 Å². The average molecular weight is 290 g/mol. The predicted octanol–water partition coefficient (Wildman–Crippen LogP) is 1.20. The number of benzene rings is 1. The summed E-state index contributed by atoms with van der Waals surface area (Å²) in [5.74, 6) is -0.569. The zero-order valence-corrected chi connectivity index (χ0v) is 11.3. The van der Waals surface area contributed by atoms with Crippen molar-refractivity contribution >= 4 is 5.97 Å². The summed E-state index contributed by atoms with van der Waals surface area (Å²) in [6.07, 6.45) is 3.45. The summed E-state index contributed by atoms with van der Waals surface area (Å²) in [5.41, 5.74) is 1.24. The van der Waals surface area contributed by atoms with Gasteiger partial charge in [0.25, 0.3) is 0 Å². The van der Waals surface area contributed by atoms with Crippen molar-refractivity contribution in [1.82, 2.24) is 20.3 Å². The molecule has 1 aliphatic heterocycles. The van der Waals surface area contributed by atoms with Crippen molar-refractivity contribution in [3.63, 3.8) is 0 Å². The second-order valence-corrected chi connectivity index (χ2v) is 4.89. The van der Waals surface area contributed by atoms with Gasteiger partial charge >= 0.3 is 5.97 Å². The number of halogens is 1. The first-order valence-electron chi connectivity index (χ1n) is 6.79. The van der Waals surface area contributed by atoms with Crippen LogP contribution in [0.25, 0.3) is 5.69 Å². The number of carbonyl (C=O) groups excluding carboxylic acids is 1. The molecule has 0 aliphatic carbocycles. The van der Waals surface area contributed by atoms with Crippen molar-refractivity contribution in [3.05, 3.63) is 42.0 Å². The molecule has 0 spiro atoms. The molecule has 1 fully saturated rings. The standard InChI is InChI=1S/C14H15FN4O2/c15-10-3-5-12(6-4-10)19-8-11(17-18-19)9-21-14(20)13-2-1-7-16-13/h3-6,8,13,16H,1-2,7,9H2/t13-/m0/s1. The smallest absolute Gasteiger partial charge is 0.323 e. The maximum Gasteiger partial charge on any atom is 0.323 e. The van der Waals surface area contributed by atoms with Crippen LogP contribution in [0.4, 0.5) is 4.39 Å². The molecule has 0 amide bonds. The molecular formula is C14H15FN4O2. The van der Waals surface area contributed by atoms with Crippen molar-refractivity contribution in [2.75, 3.05) is 6.54 Å². The summed E-state index contributed by atoms with van der Waals surface area (Å²) in [7, 11) is 0. The topological polar surface area (TPSA) is 69.0 Å². The van der Waals surface area contributed by atoms with Crippen LogP contribution in [0.5, 0.6) is 0 Å². The minimum absolute atomic E-state index is 0.0816. The molecule has 0 unspecified atom stereocenters. The molecule has 1 aromatic heterocycles. The lowest BCUT2D eigenvalue weighted by Gasteiger charge is -2.08. The number of nitrogens with one attached hydrogen (secondary N) is 1. The Bertz CT molecular complexity index is 620. The Morgan fingerprint density at radius 1 is 1.43 bits per heavy atom. The van der Waals surface area contributed by atoms with E-state index in [2.05, 4.69) is 15.6 Å². The zero-order valence-electron chi connectivity index (χ0n) is 11.3. The van der Waals surface area contributed by atoms with E-state index in [9.17, 15) is 9.18 Å². The second kappa shape index (κ2) is 6.01. The highest BCUT2D eigenvalue weighted by Gasteiger charge is 2.23. The van der Waals surface area contributed by atoms with Crippen molar-refractivity contribution in [2.24, 2.45) is 0 Å². The van der Waals surface area contributed by atoms with Gasteiger partial charge in [0.1, 0.15) is 24.2 Å². The van der Waals surface area contributed by atoms with Gasteiger partial charge < -0.3 is 10.1 Å². The monoisotopic (exact) mass is 290 g/mol. The van der Waals surface area contributed by atoms with Crippen LogP contribution in [-0.2, 0) is 16.1 Å². The van der Waals surface area contributed by atoms with Gasteiger partial charge in [0, 0.05) is 0 Å².